The molecule has 2 rings (SSSR count). The second-order valence-electron chi connectivity index (χ2n) is 4.32. The van der Waals surface area contributed by atoms with Crippen LogP contribution in [-0.2, 0) is 6.42 Å². The van der Waals surface area contributed by atoms with Crippen molar-refractivity contribution < 1.29 is 14.6 Å². The average Bonchev–Trinajstić information content (AvgIpc) is 2.41. The zero-order valence-corrected chi connectivity index (χ0v) is 10.8. The predicted octanol–water partition coefficient (Wildman–Crippen LogP) is 3.13. The number of aliphatic hydroxyl groups is 1. The lowest BCUT2D eigenvalue weighted by molar-refractivity contribution is 0.112. The van der Waals surface area contributed by atoms with E-state index in [0.717, 1.165) is 23.2 Å². The number of benzene rings is 2. The summed E-state index contributed by atoms with van der Waals surface area (Å²) in [5.74, 6) is 1.42. The summed E-state index contributed by atoms with van der Waals surface area (Å²) in [6.07, 6.45) is 1.39. The van der Waals surface area contributed by atoms with E-state index in [1.807, 2.05) is 37.3 Å². The van der Waals surface area contributed by atoms with Crippen LogP contribution in [0.4, 0.5) is 0 Å². The molecule has 2 aromatic carbocycles. The van der Waals surface area contributed by atoms with Crippen LogP contribution in [0.1, 0.15) is 21.5 Å². The molecule has 0 unspecified atom stereocenters. The van der Waals surface area contributed by atoms with Gasteiger partial charge in [0.15, 0.2) is 0 Å². The summed E-state index contributed by atoms with van der Waals surface area (Å²) in [7, 11) is 0. The van der Waals surface area contributed by atoms with Crippen LogP contribution in [0, 0.1) is 6.92 Å². The molecule has 0 amide bonds. The van der Waals surface area contributed by atoms with Gasteiger partial charge in [0.25, 0.3) is 0 Å². The van der Waals surface area contributed by atoms with Gasteiger partial charge in [0.1, 0.15) is 17.8 Å². The molecule has 0 spiro atoms. The van der Waals surface area contributed by atoms with Crippen molar-refractivity contribution in [3.63, 3.8) is 0 Å². The molecule has 19 heavy (non-hydrogen) atoms. The van der Waals surface area contributed by atoms with Crippen molar-refractivity contribution in [2.24, 2.45) is 0 Å². The van der Waals surface area contributed by atoms with Crippen molar-refractivity contribution in [3.05, 3.63) is 59.2 Å². The molecule has 0 aliphatic heterocycles. The maximum absolute atomic E-state index is 10.8. The van der Waals surface area contributed by atoms with Gasteiger partial charge in [-0.1, -0.05) is 18.2 Å². The fourth-order valence-corrected chi connectivity index (χ4v) is 1.90. The Hall–Kier alpha value is -2.13. The molecule has 0 radical (unpaired) electrons. The van der Waals surface area contributed by atoms with Gasteiger partial charge in [-0.3, -0.25) is 4.79 Å². The van der Waals surface area contributed by atoms with Gasteiger partial charge in [0.2, 0.25) is 0 Å². The average molecular weight is 256 g/mol. The zero-order valence-electron chi connectivity index (χ0n) is 10.8. The Balaban J connectivity index is 2.26. The fourth-order valence-electron chi connectivity index (χ4n) is 1.90. The Labute approximate surface area is 112 Å². The number of hydrogen-bond donors (Lipinski definition) is 1. The highest BCUT2D eigenvalue weighted by Gasteiger charge is 2.05. The van der Waals surface area contributed by atoms with E-state index in [1.165, 1.54) is 0 Å². The van der Waals surface area contributed by atoms with Gasteiger partial charge in [0.05, 0.1) is 0 Å². The SMILES string of the molecule is Cc1cc(Oc2ccccc2CCO)ccc1C=O. The van der Waals surface area contributed by atoms with Crippen molar-refractivity contribution in [2.45, 2.75) is 13.3 Å². The topological polar surface area (TPSA) is 46.5 Å². The van der Waals surface area contributed by atoms with Crippen LogP contribution in [0.3, 0.4) is 0 Å². The van der Waals surface area contributed by atoms with Crippen LogP contribution in [0.15, 0.2) is 42.5 Å². The maximum Gasteiger partial charge on any atom is 0.150 e. The number of ether oxygens (including phenoxy) is 1. The van der Waals surface area contributed by atoms with Crippen molar-refractivity contribution >= 4 is 6.29 Å². The Morgan fingerprint density at radius 1 is 1.21 bits per heavy atom. The molecule has 0 aliphatic carbocycles. The monoisotopic (exact) mass is 256 g/mol. The summed E-state index contributed by atoms with van der Waals surface area (Å²) >= 11 is 0. The molecule has 0 aliphatic rings. The quantitative estimate of drug-likeness (QED) is 0.836. The van der Waals surface area contributed by atoms with Gasteiger partial charge < -0.3 is 9.84 Å². The molecule has 0 atom stereocenters. The van der Waals surface area contributed by atoms with E-state index in [4.69, 9.17) is 9.84 Å². The standard InChI is InChI=1S/C16H16O3/c1-12-10-15(7-6-14(12)11-18)19-16-5-3-2-4-13(16)8-9-17/h2-7,10-11,17H,8-9H2,1H3. The Morgan fingerprint density at radius 2 is 2.00 bits per heavy atom. The third-order valence-corrected chi connectivity index (χ3v) is 2.95. The number of hydrogen-bond acceptors (Lipinski definition) is 3. The summed E-state index contributed by atoms with van der Waals surface area (Å²) < 4.78 is 5.82. The number of carbonyl (C=O) groups is 1. The lowest BCUT2D eigenvalue weighted by Gasteiger charge is -2.11. The Morgan fingerprint density at radius 3 is 2.68 bits per heavy atom. The first-order chi connectivity index (χ1) is 9.24. The normalized spacial score (nSPS) is 10.2. The highest BCUT2D eigenvalue weighted by molar-refractivity contribution is 5.77. The number of rotatable bonds is 5. The van der Waals surface area contributed by atoms with E-state index in [0.29, 0.717) is 17.7 Å². The first kappa shape index (κ1) is 13.3. The predicted molar refractivity (Wildman–Crippen MR) is 73.9 cm³/mol. The van der Waals surface area contributed by atoms with Gasteiger partial charge in [-0.05, 0) is 48.7 Å². The third-order valence-electron chi connectivity index (χ3n) is 2.95. The lowest BCUT2D eigenvalue weighted by Crippen LogP contribution is -1.95. The number of para-hydroxylation sites is 1. The van der Waals surface area contributed by atoms with E-state index >= 15 is 0 Å². The van der Waals surface area contributed by atoms with Crippen molar-refractivity contribution in [1.29, 1.82) is 0 Å². The highest BCUT2D eigenvalue weighted by Crippen LogP contribution is 2.26. The van der Waals surface area contributed by atoms with Gasteiger partial charge >= 0.3 is 0 Å². The lowest BCUT2D eigenvalue weighted by atomic mass is 10.1. The Kier molecular flexibility index (Phi) is 4.31. The summed E-state index contributed by atoms with van der Waals surface area (Å²) in [4.78, 5) is 10.8. The summed E-state index contributed by atoms with van der Waals surface area (Å²) in [6.45, 7) is 1.96. The van der Waals surface area contributed by atoms with Gasteiger partial charge in [-0.15, -0.1) is 0 Å². The summed E-state index contributed by atoms with van der Waals surface area (Å²) in [5, 5.41) is 9.03. The molecule has 0 saturated heterocycles. The van der Waals surface area contributed by atoms with Crippen molar-refractivity contribution in [2.75, 3.05) is 6.61 Å². The fraction of sp³-hybridized carbons (Fsp3) is 0.188. The molecule has 2 aromatic rings. The van der Waals surface area contributed by atoms with Crippen LogP contribution < -0.4 is 4.74 Å². The second-order valence-corrected chi connectivity index (χ2v) is 4.32. The highest BCUT2D eigenvalue weighted by atomic mass is 16.5. The first-order valence-electron chi connectivity index (χ1n) is 6.17. The Bertz CT molecular complexity index is 576. The van der Waals surface area contributed by atoms with E-state index < -0.39 is 0 Å². The molecule has 0 heterocycles. The van der Waals surface area contributed by atoms with Crippen LogP contribution >= 0.6 is 0 Å². The third kappa shape index (κ3) is 3.20. The summed E-state index contributed by atoms with van der Waals surface area (Å²) in [6, 6.07) is 13.0. The van der Waals surface area contributed by atoms with Crippen LogP contribution in [-0.4, -0.2) is 18.0 Å². The van der Waals surface area contributed by atoms with E-state index in [9.17, 15) is 4.79 Å². The van der Waals surface area contributed by atoms with Crippen LogP contribution in [0.5, 0.6) is 11.5 Å². The minimum Gasteiger partial charge on any atom is -0.457 e. The number of aliphatic hydroxyl groups excluding tert-OH is 1. The van der Waals surface area contributed by atoms with Gasteiger partial charge in [-0.2, -0.15) is 0 Å². The number of aldehydes is 1. The minimum atomic E-state index is 0.0868. The molecule has 3 heteroatoms. The molecule has 0 saturated carbocycles. The second kappa shape index (κ2) is 6.16. The van der Waals surface area contributed by atoms with E-state index in [-0.39, 0.29) is 6.61 Å². The van der Waals surface area contributed by atoms with E-state index in [2.05, 4.69) is 0 Å². The van der Waals surface area contributed by atoms with Crippen molar-refractivity contribution in [3.8, 4) is 11.5 Å². The van der Waals surface area contributed by atoms with Crippen LogP contribution in [0.2, 0.25) is 0 Å². The molecule has 0 bridgehead atoms. The van der Waals surface area contributed by atoms with Gasteiger partial charge in [-0.25, -0.2) is 0 Å². The molecule has 98 valence electrons. The van der Waals surface area contributed by atoms with Crippen LogP contribution in [0.25, 0.3) is 0 Å². The largest absolute Gasteiger partial charge is 0.457 e. The maximum atomic E-state index is 10.8. The molecule has 1 N–H and O–H groups in total. The van der Waals surface area contributed by atoms with Gasteiger partial charge in [0, 0.05) is 12.2 Å². The zero-order chi connectivity index (χ0) is 13.7. The van der Waals surface area contributed by atoms with E-state index in [1.54, 1.807) is 12.1 Å². The first-order valence-corrected chi connectivity index (χ1v) is 6.17. The number of aryl methyl sites for hydroxylation is 1. The molecule has 0 aromatic heterocycles. The molecular weight excluding hydrogens is 240 g/mol. The van der Waals surface area contributed by atoms with Crippen molar-refractivity contribution in [1.82, 2.24) is 0 Å². The molecular formula is C16H16O3. The smallest absolute Gasteiger partial charge is 0.150 e. The summed E-state index contributed by atoms with van der Waals surface area (Å²) in [5.41, 5.74) is 2.50. The number of carbonyl (C=O) groups excluding carboxylic acids is 1. The molecule has 3 nitrogen and oxygen atoms in total. The molecule has 0 fully saturated rings. The minimum absolute atomic E-state index is 0.0868.